The van der Waals surface area contributed by atoms with Crippen molar-refractivity contribution in [3.05, 3.63) is 59.4 Å². The summed E-state index contributed by atoms with van der Waals surface area (Å²) in [5.41, 5.74) is 3.34. The third-order valence-corrected chi connectivity index (χ3v) is 2.97. The van der Waals surface area contributed by atoms with Crippen molar-refractivity contribution in [3.8, 4) is 0 Å². The molecule has 0 aliphatic heterocycles. The summed E-state index contributed by atoms with van der Waals surface area (Å²) < 4.78 is 13.4. The van der Waals surface area contributed by atoms with E-state index in [1.807, 2.05) is 32.0 Å². The standard InChI is InChI=1S/C16H17FN2O/c1-11-7-8-14(12(2)9-11)18-10-16(20)19-15-6-4-3-5-13(15)17/h3-9,18H,10H2,1-2H3,(H,19,20). The van der Waals surface area contributed by atoms with Crippen molar-refractivity contribution in [2.75, 3.05) is 17.2 Å². The smallest absolute Gasteiger partial charge is 0.243 e. The number of anilines is 2. The Hall–Kier alpha value is -2.36. The van der Waals surface area contributed by atoms with Crippen LogP contribution >= 0.6 is 0 Å². The first-order valence-corrected chi connectivity index (χ1v) is 6.42. The summed E-state index contributed by atoms with van der Waals surface area (Å²) in [6, 6.07) is 12.1. The van der Waals surface area contributed by atoms with Gasteiger partial charge in [0, 0.05) is 5.69 Å². The van der Waals surface area contributed by atoms with Gasteiger partial charge in [0.2, 0.25) is 5.91 Å². The largest absolute Gasteiger partial charge is 0.376 e. The van der Waals surface area contributed by atoms with Crippen molar-refractivity contribution in [2.24, 2.45) is 0 Å². The number of hydrogen-bond donors (Lipinski definition) is 2. The molecule has 0 atom stereocenters. The van der Waals surface area contributed by atoms with Crippen LogP contribution in [-0.2, 0) is 4.79 Å². The highest BCUT2D eigenvalue weighted by Crippen LogP contribution is 2.16. The molecule has 3 nitrogen and oxygen atoms in total. The van der Waals surface area contributed by atoms with E-state index in [1.165, 1.54) is 17.7 Å². The maximum atomic E-state index is 13.4. The molecule has 2 N–H and O–H groups in total. The summed E-state index contributed by atoms with van der Waals surface area (Å²) in [7, 11) is 0. The minimum Gasteiger partial charge on any atom is -0.376 e. The van der Waals surface area contributed by atoms with Crippen LogP contribution in [0.2, 0.25) is 0 Å². The Morgan fingerprint density at radius 1 is 1.10 bits per heavy atom. The van der Waals surface area contributed by atoms with Crippen molar-refractivity contribution in [1.29, 1.82) is 0 Å². The summed E-state index contributed by atoms with van der Waals surface area (Å²) >= 11 is 0. The number of benzene rings is 2. The molecule has 1 amide bonds. The average molecular weight is 272 g/mol. The zero-order chi connectivity index (χ0) is 14.5. The van der Waals surface area contributed by atoms with Crippen LogP contribution in [0.4, 0.5) is 15.8 Å². The summed E-state index contributed by atoms with van der Waals surface area (Å²) in [6.45, 7) is 4.09. The van der Waals surface area contributed by atoms with Gasteiger partial charge >= 0.3 is 0 Å². The van der Waals surface area contributed by atoms with Gasteiger partial charge in [-0.2, -0.15) is 0 Å². The van der Waals surface area contributed by atoms with Gasteiger partial charge in [-0.15, -0.1) is 0 Å². The SMILES string of the molecule is Cc1ccc(NCC(=O)Nc2ccccc2F)c(C)c1. The number of amides is 1. The number of halogens is 1. The number of hydrogen-bond acceptors (Lipinski definition) is 2. The molecule has 0 bridgehead atoms. The highest BCUT2D eigenvalue weighted by Gasteiger charge is 2.06. The molecule has 0 saturated carbocycles. The van der Waals surface area contributed by atoms with E-state index in [9.17, 15) is 9.18 Å². The quantitative estimate of drug-likeness (QED) is 0.894. The van der Waals surface area contributed by atoms with E-state index >= 15 is 0 Å². The molecule has 2 aromatic carbocycles. The fourth-order valence-corrected chi connectivity index (χ4v) is 1.94. The zero-order valence-corrected chi connectivity index (χ0v) is 11.5. The summed E-state index contributed by atoms with van der Waals surface area (Å²) in [5, 5.41) is 5.58. The molecule has 20 heavy (non-hydrogen) atoms. The number of rotatable bonds is 4. The minimum atomic E-state index is -0.438. The Morgan fingerprint density at radius 2 is 1.85 bits per heavy atom. The number of aryl methyl sites for hydroxylation is 2. The Labute approximate surface area is 117 Å². The maximum absolute atomic E-state index is 13.4. The molecule has 0 aromatic heterocycles. The lowest BCUT2D eigenvalue weighted by atomic mass is 10.1. The van der Waals surface area contributed by atoms with Crippen molar-refractivity contribution in [3.63, 3.8) is 0 Å². The number of carbonyl (C=O) groups excluding carboxylic acids is 1. The van der Waals surface area contributed by atoms with E-state index in [-0.39, 0.29) is 18.1 Å². The van der Waals surface area contributed by atoms with Gasteiger partial charge in [0.05, 0.1) is 12.2 Å². The van der Waals surface area contributed by atoms with Gasteiger partial charge in [0.1, 0.15) is 5.82 Å². The molecular weight excluding hydrogens is 255 g/mol. The molecule has 0 spiro atoms. The zero-order valence-electron chi connectivity index (χ0n) is 11.5. The second-order valence-electron chi connectivity index (χ2n) is 4.70. The van der Waals surface area contributed by atoms with Gasteiger partial charge in [-0.3, -0.25) is 4.79 Å². The fraction of sp³-hybridized carbons (Fsp3) is 0.188. The lowest BCUT2D eigenvalue weighted by Crippen LogP contribution is -2.22. The van der Waals surface area contributed by atoms with E-state index in [2.05, 4.69) is 10.6 Å². The predicted octanol–water partition coefficient (Wildman–Crippen LogP) is 3.49. The highest BCUT2D eigenvalue weighted by molar-refractivity contribution is 5.93. The lowest BCUT2D eigenvalue weighted by Gasteiger charge is -2.11. The van der Waals surface area contributed by atoms with Crippen molar-refractivity contribution in [1.82, 2.24) is 0 Å². The first-order chi connectivity index (χ1) is 9.56. The second-order valence-corrected chi connectivity index (χ2v) is 4.70. The van der Waals surface area contributed by atoms with Crippen LogP contribution in [0.15, 0.2) is 42.5 Å². The van der Waals surface area contributed by atoms with Gasteiger partial charge in [-0.05, 0) is 37.6 Å². The van der Waals surface area contributed by atoms with Crippen LogP contribution in [0.25, 0.3) is 0 Å². The molecule has 0 radical (unpaired) electrons. The Kier molecular flexibility index (Phi) is 4.35. The Bertz CT molecular complexity index is 626. The maximum Gasteiger partial charge on any atom is 0.243 e. The normalized spacial score (nSPS) is 10.2. The van der Waals surface area contributed by atoms with Crippen LogP contribution < -0.4 is 10.6 Å². The van der Waals surface area contributed by atoms with E-state index in [4.69, 9.17) is 0 Å². The van der Waals surface area contributed by atoms with Gasteiger partial charge in [-0.1, -0.05) is 29.8 Å². The number of carbonyl (C=O) groups is 1. The molecule has 2 rings (SSSR count). The molecule has 2 aromatic rings. The molecule has 0 aliphatic rings. The molecule has 0 aliphatic carbocycles. The number of para-hydroxylation sites is 1. The molecule has 0 fully saturated rings. The third-order valence-electron chi connectivity index (χ3n) is 2.97. The second kappa shape index (κ2) is 6.19. The molecule has 4 heteroatoms. The topological polar surface area (TPSA) is 41.1 Å². The first kappa shape index (κ1) is 14.1. The van der Waals surface area contributed by atoms with Crippen LogP contribution in [-0.4, -0.2) is 12.5 Å². The molecular formula is C16H17FN2O. The van der Waals surface area contributed by atoms with Crippen LogP contribution in [0, 0.1) is 19.7 Å². The van der Waals surface area contributed by atoms with Gasteiger partial charge in [0.25, 0.3) is 0 Å². The first-order valence-electron chi connectivity index (χ1n) is 6.42. The monoisotopic (exact) mass is 272 g/mol. The Morgan fingerprint density at radius 3 is 2.55 bits per heavy atom. The van der Waals surface area contributed by atoms with E-state index < -0.39 is 5.82 Å². The molecule has 0 unspecified atom stereocenters. The molecule has 104 valence electrons. The highest BCUT2D eigenvalue weighted by atomic mass is 19.1. The van der Waals surface area contributed by atoms with Gasteiger partial charge in [-0.25, -0.2) is 4.39 Å². The van der Waals surface area contributed by atoms with Crippen molar-refractivity contribution >= 4 is 17.3 Å². The van der Waals surface area contributed by atoms with E-state index in [0.29, 0.717) is 0 Å². The van der Waals surface area contributed by atoms with Crippen LogP contribution in [0.5, 0.6) is 0 Å². The van der Waals surface area contributed by atoms with E-state index in [0.717, 1.165) is 11.3 Å². The van der Waals surface area contributed by atoms with Gasteiger partial charge in [0.15, 0.2) is 0 Å². The van der Waals surface area contributed by atoms with Crippen LogP contribution in [0.3, 0.4) is 0 Å². The van der Waals surface area contributed by atoms with Crippen LogP contribution in [0.1, 0.15) is 11.1 Å². The molecule has 0 saturated heterocycles. The predicted molar refractivity (Wildman–Crippen MR) is 79.4 cm³/mol. The average Bonchev–Trinajstić information content (AvgIpc) is 2.40. The minimum absolute atomic E-state index is 0.0955. The lowest BCUT2D eigenvalue weighted by molar-refractivity contribution is -0.114. The van der Waals surface area contributed by atoms with Crippen molar-refractivity contribution in [2.45, 2.75) is 13.8 Å². The summed E-state index contributed by atoms with van der Waals surface area (Å²) in [5.74, 6) is -0.720. The fourth-order valence-electron chi connectivity index (χ4n) is 1.94. The van der Waals surface area contributed by atoms with Crippen molar-refractivity contribution < 1.29 is 9.18 Å². The third kappa shape index (κ3) is 3.57. The summed E-state index contributed by atoms with van der Waals surface area (Å²) in [4.78, 5) is 11.8. The summed E-state index contributed by atoms with van der Waals surface area (Å²) in [6.07, 6.45) is 0. The number of nitrogens with one attached hydrogen (secondary N) is 2. The van der Waals surface area contributed by atoms with E-state index in [1.54, 1.807) is 12.1 Å². The molecule has 0 heterocycles. The van der Waals surface area contributed by atoms with Gasteiger partial charge < -0.3 is 10.6 Å². The Balaban J connectivity index is 1.94.